The predicted molar refractivity (Wildman–Crippen MR) is 97.2 cm³/mol. The Morgan fingerprint density at radius 1 is 1.46 bits per heavy atom. The van der Waals surface area contributed by atoms with Crippen LogP contribution < -0.4 is 16.0 Å². The van der Waals surface area contributed by atoms with Gasteiger partial charge in [-0.1, -0.05) is 6.07 Å². The first-order valence-corrected chi connectivity index (χ1v) is 8.66. The second kappa shape index (κ2) is 9.02. The van der Waals surface area contributed by atoms with Crippen molar-refractivity contribution in [2.45, 2.75) is 45.1 Å². The molecule has 9 heteroatoms. The number of para-hydroxylation sites is 1. The summed E-state index contributed by atoms with van der Waals surface area (Å²) in [4.78, 5) is 35.2. The molecular formula is C17H24N4O5. The van der Waals surface area contributed by atoms with E-state index in [2.05, 4.69) is 10.1 Å². The Hall–Kier alpha value is -2.84. The highest BCUT2D eigenvalue weighted by Gasteiger charge is 2.28. The summed E-state index contributed by atoms with van der Waals surface area (Å²) in [6, 6.07) is 4.70. The molecule has 0 aliphatic carbocycles. The molecule has 1 saturated heterocycles. The van der Waals surface area contributed by atoms with E-state index in [-0.39, 0.29) is 24.2 Å². The van der Waals surface area contributed by atoms with E-state index in [1.807, 2.05) is 6.92 Å². The molecule has 26 heavy (non-hydrogen) atoms. The van der Waals surface area contributed by atoms with Crippen molar-refractivity contribution in [3.63, 3.8) is 0 Å². The number of nitro groups is 1. The van der Waals surface area contributed by atoms with Crippen molar-refractivity contribution < 1.29 is 19.2 Å². The van der Waals surface area contributed by atoms with Crippen LogP contribution in [0.25, 0.3) is 0 Å². The van der Waals surface area contributed by atoms with Crippen molar-refractivity contribution in [2.24, 2.45) is 5.73 Å². The van der Waals surface area contributed by atoms with Gasteiger partial charge >= 0.3 is 6.09 Å². The third-order valence-corrected chi connectivity index (χ3v) is 4.25. The predicted octanol–water partition coefficient (Wildman–Crippen LogP) is 2.79. The minimum absolute atomic E-state index is 0.0233. The third kappa shape index (κ3) is 5.08. The zero-order valence-electron chi connectivity index (χ0n) is 14.8. The molecule has 0 bridgehead atoms. The number of primary amides is 1. The van der Waals surface area contributed by atoms with Crippen molar-refractivity contribution in [1.82, 2.24) is 0 Å². The topological polar surface area (TPSA) is 128 Å². The summed E-state index contributed by atoms with van der Waals surface area (Å²) in [5.41, 5.74) is 5.77. The Morgan fingerprint density at radius 3 is 2.85 bits per heavy atom. The molecular weight excluding hydrogens is 340 g/mol. The summed E-state index contributed by atoms with van der Waals surface area (Å²) in [7, 11) is 0. The number of ether oxygens (including phenoxy) is 1. The summed E-state index contributed by atoms with van der Waals surface area (Å²) in [6.07, 6.45) is 2.55. The maximum Gasteiger partial charge on any atom is 0.404 e. The molecule has 1 aliphatic rings. The van der Waals surface area contributed by atoms with Crippen LogP contribution in [0.3, 0.4) is 0 Å². The van der Waals surface area contributed by atoms with Gasteiger partial charge in [0.15, 0.2) is 0 Å². The molecule has 0 saturated carbocycles. The standard InChI is InChI=1S/C17H24N4O5/c1-12(6-2-3-11-26-17(18)23)19-16-13(20-10-5-9-15(20)22)7-4-8-14(16)21(24)25/h4,7-8,12,19H,2-3,5-6,9-11H2,1H3,(H2,18,23). The van der Waals surface area contributed by atoms with E-state index in [0.717, 1.165) is 19.3 Å². The number of nitrogens with one attached hydrogen (secondary N) is 1. The fourth-order valence-electron chi connectivity index (χ4n) is 3.00. The van der Waals surface area contributed by atoms with Crippen LogP contribution in [0.1, 0.15) is 39.0 Å². The molecule has 1 aromatic carbocycles. The van der Waals surface area contributed by atoms with Crippen molar-refractivity contribution in [3.05, 3.63) is 28.3 Å². The van der Waals surface area contributed by atoms with Crippen LogP contribution in [-0.2, 0) is 9.53 Å². The van der Waals surface area contributed by atoms with Crippen LogP contribution in [0, 0.1) is 10.1 Å². The lowest BCUT2D eigenvalue weighted by Crippen LogP contribution is -2.26. The Morgan fingerprint density at radius 2 is 2.23 bits per heavy atom. The number of benzene rings is 1. The maximum atomic E-state index is 12.1. The van der Waals surface area contributed by atoms with E-state index in [1.54, 1.807) is 17.0 Å². The zero-order valence-corrected chi connectivity index (χ0v) is 14.8. The molecule has 2 amide bonds. The lowest BCUT2D eigenvalue weighted by Gasteiger charge is -2.23. The van der Waals surface area contributed by atoms with Crippen molar-refractivity contribution in [1.29, 1.82) is 0 Å². The number of rotatable bonds is 9. The minimum Gasteiger partial charge on any atom is -0.450 e. The largest absolute Gasteiger partial charge is 0.450 e. The fraction of sp³-hybridized carbons (Fsp3) is 0.529. The first-order chi connectivity index (χ1) is 12.4. The van der Waals surface area contributed by atoms with Gasteiger partial charge in [0.25, 0.3) is 5.69 Å². The van der Waals surface area contributed by atoms with Gasteiger partial charge in [0.05, 0.1) is 17.2 Å². The summed E-state index contributed by atoms with van der Waals surface area (Å²) in [5, 5.41) is 14.6. The molecule has 1 atom stereocenters. The van der Waals surface area contributed by atoms with Gasteiger partial charge in [0.2, 0.25) is 5.91 Å². The van der Waals surface area contributed by atoms with Crippen LogP contribution in [0.2, 0.25) is 0 Å². The van der Waals surface area contributed by atoms with Crippen LogP contribution in [0.4, 0.5) is 21.9 Å². The summed E-state index contributed by atoms with van der Waals surface area (Å²) in [6.45, 7) is 2.73. The Bertz CT molecular complexity index is 679. The molecule has 0 radical (unpaired) electrons. The molecule has 142 valence electrons. The van der Waals surface area contributed by atoms with E-state index >= 15 is 0 Å². The maximum absolute atomic E-state index is 12.1. The van der Waals surface area contributed by atoms with Gasteiger partial charge in [-0.3, -0.25) is 14.9 Å². The number of amides is 2. The van der Waals surface area contributed by atoms with Gasteiger partial charge in [0.1, 0.15) is 5.69 Å². The monoisotopic (exact) mass is 364 g/mol. The molecule has 1 aliphatic heterocycles. The number of carbonyl (C=O) groups excluding carboxylic acids is 2. The molecule has 1 heterocycles. The second-order valence-electron chi connectivity index (χ2n) is 6.29. The number of carbonyl (C=O) groups is 2. The van der Waals surface area contributed by atoms with E-state index in [1.165, 1.54) is 6.07 Å². The average molecular weight is 364 g/mol. The van der Waals surface area contributed by atoms with Crippen LogP contribution in [0.15, 0.2) is 18.2 Å². The van der Waals surface area contributed by atoms with E-state index in [0.29, 0.717) is 30.8 Å². The lowest BCUT2D eigenvalue weighted by molar-refractivity contribution is -0.383. The Kier molecular flexibility index (Phi) is 6.76. The molecule has 0 aromatic heterocycles. The lowest BCUT2D eigenvalue weighted by atomic mass is 10.1. The normalized spacial score (nSPS) is 15.0. The Labute approximate surface area is 151 Å². The van der Waals surface area contributed by atoms with Crippen molar-refractivity contribution >= 4 is 29.1 Å². The summed E-state index contributed by atoms with van der Waals surface area (Å²) >= 11 is 0. The van der Waals surface area contributed by atoms with Crippen LogP contribution in [0.5, 0.6) is 0 Å². The van der Waals surface area contributed by atoms with Gasteiger partial charge < -0.3 is 20.7 Å². The van der Waals surface area contributed by atoms with Gasteiger partial charge in [-0.2, -0.15) is 0 Å². The van der Waals surface area contributed by atoms with Gasteiger partial charge in [-0.25, -0.2) is 4.79 Å². The third-order valence-electron chi connectivity index (χ3n) is 4.25. The quantitative estimate of drug-likeness (QED) is 0.394. The van der Waals surface area contributed by atoms with Crippen LogP contribution >= 0.6 is 0 Å². The average Bonchev–Trinajstić information content (AvgIpc) is 3.00. The van der Waals surface area contributed by atoms with E-state index < -0.39 is 11.0 Å². The first-order valence-electron chi connectivity index (χ1n) is 8.66. The molecule has 1 aromatic rings. The molecule has 2 rings (SSSR count). The smallest absolute Gasteiger partial charge is 0.404 e. The number of hydrogen-bond donors (Lipinski definition) is 2. The Balaban J connectivity index is 2.07. The molecule has 0 spiro atoms. The van der Waals surface area contributed by atoms with E-state index in [4.69, 9.17) is 5.73 Å². The molecule has 3 N–H and O–H groups in total. The second-order valence-corrected chi connectivity index (χ2v) is 6.29. The number of nitro benzene ring substituents is 1. The number of hydrogen-bond acceptors (Lipinski definition) is 6. The molecule has 9 nitrogen and oxygen atoms in total. The SMILES string of the molecule is CC(CCCCOC(N)=O)Nc1c(N2CCCC2=O)cccc1[N+](=O)[O-]. The highest BCUT2D eigenvalue weighted by molar-refractivity contribution is 6.00. The van der Waals surface area contributed by atoms with Crippen molar-refractivity contribution in [3.8, 4) is 0 Å². The fourth-order valence-corrected chi connectivity index (χ4v) is 3.00. The number of nitrogens with two attached hydrogens (primary N) is 1. The van der Waals surface area contributed by atoms with Gasteiger partial charge in [-0.15, -0.1) is 0 Å². The highest BCUT2D eigenvalue weighted by atomic mass is 16.6. The highest BCUT2D eigenvalue weighted by Crippen LogP contribution is 2.37. The van der Waals surface area contributed by atoms with Gasteiger partial charge in [0, 0.05) is 25.1 Å². The summed E-state index contributed by atoms with van der Waals surface area (Å²) in [5.74, 6) is -0.0233. The van der Waals surface area contributed by atoms with Gasteiger partial charge in [-0.05, 0) is 38.7 Å². The molecule has 1 fully saturated rings. The number of unbranched alkanes of at least 4 members (excludes halogenated alkanes) is 1. The first kappa shape index (κ1) is 19.5. The van der Waals surface area contributed by atoms with Crippen molar-refractivity contribution in [2.75, 3.05) is 23.4 Å². The summed E-state index contributed by atoms with van der Waals surface area (Å²) < 4.78 is 4.68. The van der Waals surface area contributed by atoms with E-state index in [9.17, 15) is 19.7 Å². The number of anilines is 2. The molecule has 1 unspecified atom stereocenters. The zero-order chi connectivity index (χ0) is 19.1. The van der Waals surface area contributed by atoms with Crippen LogP contribution in [-0.4, -0.2) is 36.1 Å². The minimum atomic E-state index is -0.795. The number of nitrogens with zero attached hydrogens (tertiary/aromatic N) is 2.